The number of thiazole rings is 1. The first kappa shape index (κ1) is 11.8. The van der Waals surface area contributed by atoms with E-state index in [1.54, 1.807) is 23.1 Å². The third-order valence-corrected chi connectivity index (χ3v) is 4.61. The topological polar surface area (TPSA) is 38.9 Å². The molecule has 1 heterocycles. The molecule has 0 spiro atoms. The molecule has 0 saturated heterocycles. The Morgan fingerprint density at radius 2 is 2.31 bits per heavy atom. The number of aromatic nitrogens is 1. The van der Waals surface area contributed by atoms with E-state index in [2.05, 4.69) is 4.98 Å². The molecule has 2 aromatic rings. The van der Waals surface area contributed by atoms with E-state index in [-0.39, 0.29) is 0 Å². The molecule has 0 atom stereocenters. The Morgan fingerprint density at radius 1 is 1.50 bits per heavy atom. The minimum absolute atomic E-state index is 0.723. The van der Waals surface area contributed by atoms with Gasteiger partial charge in [0.25, 0.3) is 0 Å². The first-order chi connectivity index (χ1) is 7.66. The second-order valence-electron chi connectivity index (χ2n) is 3.35. The van der Waals surface area contributed by atoms with Crippen LogP contribution in [0.15, 0.2) is 27.9 Å². The molecule has 0 aliphatic heterocycles. The van der Waals surface area contributed by atoms with Crippen molar-refractivity contribution in [2.24, 2.45) is 0 Å². The van der Waals surface area contributed by atoms with Crippen molar-refractivity contribution in [3.8, 4) is 0 Å². The van der Waals surface area contributed by atoms with E-state index in [4.69, 9.17) is 17.3 Å². The highest BCUT2D eigenvalue weighted by atomic mass is 35.5. The van der Waals surface area contributed by atoms with Crippen LogP contribution < -0.4 is 5.73 Å². The van der Waals surface area contributed by atoms with Crippen LogP contribution in [0.3, 0.4) is 0 Å². The van der Waals surface area contributed by atoms with E-state index in [9.17, 15) is 0 Å². The fraction of sp³-hybridized carbons (Fsp3) is 0.182. The van der Waals surface area contributed by atoms with Crippen molar-refractivity contribution in [1.82, 2.24) is 4.98 Å². The van der Waals surface area contributed by atoms with Crippen LogP contribution in [-0.2, 0) is 5.75 Å². The number of thioether (sulfide) groups is 1. The molecule has 2 nitrogen and oxygen atoms in total. The smallest absolute Gasteiger partial charge is 0.150 e. The van der Waals surface area contributed by atoms with Crippen molar-refractivity contribution in [1.29, 1.82) is 0 Å². The predicted molar refractivity (Wildman–Crippen MR) is 72.3 cm³/mol. The van der Waals surface area contributed by atoms with Crippen LogP contribution in [0, 0.1) is 6.92 Å². The maximum absolute atomic E-state index is 6.09. The van der Waals surface area contributed by atoms with Gasteiger partial charge < -0.3 is 5.73 Å². The van der Waals surface area contributed by atoms with Gasteiger partial charge >= 0.3 is 0 Å². The number of hydrogen-bond acceptors (Lipinski definition) is 4. The normalized spacial score (nSPS) is 10.6. The van der Waals surface area contributed by atoms with Gasteiger partial charge in [0.2, 0.25) is 0 Å². The zero-order chi connectivity index (χ0) is 11.5. The molecule has 5 heteroatoms. The summed E-state index contributed by atoms with van der Waals surface area (Å²) in [5.41, 5.74) is 8.66. The average Bonchev–Trinajstić information content (AvgIpc) is 2.63. The molecular weight excluding hydrogens is 260 g/mol. The van der Waals surface area contributed by atoms with Crippen LogP contribution in [0.5, 0.6) is 0 Å². The molecule has 0 unspecified atom stereocenters. The monoisotopic (exact) mass is 270 g/mol. The number of hydrogen-bond donors (Lipinski definition) is 1. The highest BCUT2D eigenvalue weighted by Crippen LogP contribution is 2.31. The molecule has 16 heavy (non-hydrogen) atoms. The number of nitrogens with two attached hydrogens (primary N) is 1. The summed E-state index contributed by atoms with van der Waals surface area (Å²) in [7, 11) is 0. The largest absolute Gasteiger partial charge is 0.398 e. The van der Waals surface area contributed by atoms with Crippen LogP contribution in [0.4, 0.5) is 5.69 Å². The van der Waals surface area contributed by atoms with E-state index in [1.165, 1.54) is 0 Å². The number of benzene rings is 1. The molecule has 2 N–H and O–H groups in total. The minimum atomic E-state index is 0.723. The van der Waals surface area contributed by atoms with E-state index in [0.29, 0.717) is 0 Å². The van der Waals surface area contributed by atoms with Crippen LogP contribution in [0.2, 0.25) is 5.02 Å². The molecule has 1 aromatic carbocycles. The second kappa shape index (κ2) is 5.08. The van der Waals surface area contributed by atoms with E-state index >= 15 is 0 Å². The van der Waals surface area contributed by atoms with Gasteiger partial charge in [-0.1, -0.05) is 29.4 Å². The standard InChI is InChI=1S/C11H11ClN2S2/c1-7-5-15-11(14-7)16-6-8-9(12)3-2-4-10(8)13/h2-5H,6,13H2,1H3. The maximum atomic E-state index is 6.09. The van der Waals surface area contributed by atoms with Gasteiger partial charge in [-0.3, -0.25) is 0 Å². The van der Waals surface area contributed by atoms with Crippen LogP contribution in [0.25, 0.3) is 0 Å². The highest BCUT2D eigenvalue weighted by Gasteiger charge is 2.06. The molecule has 0 fully saturated rings. The number of nitrogen functional groups attached to an aromatic ring is 1. The molecule has 0 radical (unpaired) electrons. The SMILES string of the molecule is Cc1csc(SCc2c(N)cccc2Cl)n1. The summed E-state index contributed by atoms with van der Waals surface area (Å²) in [5, 5.41) is 2.76. The quantitative estimate of drug-likeness (QED) is 0.677. The molecule has 0 aliphatic rings. The lowest BCUT2D eigenvalue weighted by atomic mass is 10.2. The summed E-state index contributed by atoms with van der Waals surface area (Å²) in [4.78, 5) is 4.38. The molecule has 0 aliphatic carbocycles. The van der Waals surface area contributed by atoms with Gasteiger partial charge in [0, 0.05) is 33.1 Å². The van der Waals surface area contributed by atoms with Crippen molar-refractivity contribution in [2.75, 3.05) is 5.73 Å². The lowest BCUT2D eigenvalue weighted by Gasteiger charge is -2.05. The number of aryl methyl sites for hydroxylation is 1. The molecule has 0 bridgehead atoms. The van der Waals surface area contributed by atoms with E-state index in [1.807, 2.05) is 30.5 Å². The summed E-state index contributed by atoms with van der Waals surface area (Å²) in [6.45, 7) is 1.99. The lowest BCUT2D eigenvalue weighted by molar-refractivity contribution is 1.16. The highest BCUT2D eigenvalue weighted by molar-refractivity contribution is 8.00. The Bertz CT molecular complexity index is 476. The first-order valence-corrected chi connectivity index (χ1v) is 6.99. The van der Waals surface area contributed by atoms with Crippen molar-refractivity contribution in [2.45, 2.75) is 17.0 Å². The fourth-order valence-corrected chi connectivity index (χ4v) is 3.50. The van der Waals surface area contributed by atoms with Crippen molar-refractivity contribution < 1.29 is 0 Å². The summed E-state index contributed by atoms with van der Waals surface area (Å²) in [6, 6.07) is 5.59. The molecule has 1 aromatic heterocycles. The zero-order valence-corrected chi connectivity index (χ0v) is 11.1. The Hall–Kier alpha value is -0.710. The third kappa shape index (κ3) is 2.70. The molecular formula is C11H11ClN2S2. The molecule has 0 saturated carbocycles. The van der Waals surface area contributed by atoms with Gasteiger partial charge in [0.15, 0.2) is 0 Å². The Labute approximate surface area is 108 Å². The van der Waals surface area contributed by atoms with Crippen LogP contribution in [-0.4, -0.2) is 4.98 Å². The third-order valence-electron chi connectivity index (χ3n) is 2.09. The van der Waals surface area contributed by atoms with Gasteiger partial charge in [0.1, 0.15) is 4.34 Å². The summed E-state index contributed by atoms with van der Waals surface area (Å²) >= 11 is 9.40. The van der Waals surface area contributed by atoms with Crippen molar-refractivity contribution in [3.05, 3.63) is 39.9 Å². The number of anilines is 1. The van der Waals surface area contributed by atoms with Gasteiger partial charge in [-0.05, 0) is 19.1 Å². The van der Waals surface area contributed by atoms with Gasteiger partial charge in [-0.15, -0.1) is 11.3 Å². The summed E-state index contributed by atoms with van der Waals surface area (Å²) < 4.78 is 1.05. The number of halogens is 1. The van der Waals surface area contributed by atoms with E-state index < -0.39 is 0 Å². The fourth-order valence-electron chi connectivity index (χ4n) is 1.26. The Balaban J connectivity index is 2.10. The minimum Gasteiger partial charge on any atom is -0.398 e. The van der Waals surface area contributed by atoms with Crippen molar-refractivity contribution in [3.63, 3.8) is 0 Å². The number of rotatable bonds is 3. The Morgan fingerprint density at radius 3 is 2.94 bits per heavy atom. The lowest BCUT2D eigenvalue weighted by Crippen LogP contribution is -1.93. The molecule has 84 valence electrons. The van der Waals surface area contributed by atoms with Crippen LogP contribution >= 0.6 is 34.7 Å². The predicted octanol–water partition coefficient (Wildman–Crippen LogP) is 3.98. The Kier molecular flexibility index (Phi) is 3.74. The zero-order valence-electron chi connectivity index (χ0n) is 8.74. The first-order valence-electron chi connectivity index (χ1n) is 4.74. The van der Waals surface area contributed by atoms with E-state index in [0.717, 1.165) is 32.1 Å². The maximum Gasteiger partial charge on any atom is 0.150 e. The summed E-state index contributed by atoms with van der Waals surface area (Å²) in [6.07, 6.45) is 0. The van der Waals surface area contributed by atoms with Gasteiger partial charge in [0.05, 0.1) is 0 Å². The molecule has 2 rings (SSSR count). The van der Waals surface area contributed by atoms with Gasteiger partial charge in [-0.25, -0.2) is 4.98 Å². The number of nitrogens with zero attached hydrogens (tertiary/aromatic N) is 1. The average molecular weight is 271 g/mol. The summed E-state index contributed by atoms with van der Waals surface area (Å²) in [5.74, 6) is 0.762. The molecule has 0 amide bonds. The van der Waals surface area contributed by atoms with Crippen molar-refractivity contribution >= 4 is 40.4 Å². The van der Waals surface area contributed by atoms with Crippen LogP contribution in [0.1, 0.15) is 11.3 Å². The second-order valence-corrected chi connectivity index (χ2v) is 5.84. The van der Waals surface area contributed by atoms with Gasteiger partial charge in [-0.2, -0.15) is 0 Å².